The molecule has 0 spiro atoms. The van der Waals surface area contributed by atoms with E-state index in [0.29, 0.717) is 25.4 Å². The lowest BCUT2D eigenvalue weighted by Crippen LogP contribution is -2.51. The smallest absolute Gasteiger partial charge is 0.225 e. The molecule has 1 fully saturated rings. The minimum Gasteiger partial charge on any atom is -0.356 e. The minimum atomic E-state index is -0.363. The van der Waals surface area contributed by atoms with E-state index in [2.05, 4.69) is 17.6 Å². The van der Waals surface area contributed by atoms with Gasteiger partial charge in [-0.25, -0.2) is 0 Å². The second kappa shape index (κ2) is 8.47. The predicted molar refractivity (Wildman–Crippen MR) is 83.0 cm³/mol. The lowest BCUT2D eigenvalue weighted by molar-refractivity contribution is -0.133. The van der Waals surface area contributed by atoms with Gasteiger partial charge >= 0.3 is 0 Å². The van der Waals surface area contributed by atoms with Gasteiger partial charge in [0, 0.05) is 44.1 Å². The van der Waals surface area contributed by atoms with Crippen LogP contribution >= 0.6 is 12.4 Å². The number of nitrogens with one attached hydrogen (secondary N) is 2. The fourth-order valence-electron chi connectivity index (χ4n) is 2.02. The SMILES string of the molecule is CC1CN(C(=O)CCCNC(=O)C(C)(C)C)CCN1.Cl. The molecule has 2 amide bonds. The molecule has 0 aliphatic carbocycles. The molecule has 0 aromatic carbocycles. The average Bonchev–Trinajstić information content (AvgIpc) is 2.32. The van der Waals surface area contributed by atoms with Crippen molar-refractivity contribution in [1.82, 2.24) is 15.5 Å². The maximum absolute atomic E-state index is 12.0. The van der Waals surface area contributed by atoms with Crippen molar-refractivity contribution < 1.29 is 9.59 Å². The molecule has 2 N–H and O–H groups in total. The molecule has 1 saturated heterocycles. The predicted octanol–water partition coefficient (Wildman–Crippen LogP) is 1.17. The highest BCUT2D eigenvalue weighted by molar-refractivity contribution is 5.85. The Morgan fingerprint density at radius 2 is 2.00 bits per heavy atom. The standard InChI is InChI=1S/C14H27N3O2.ClH/c1-11-10-17(9-8-15-11)12(18)6-5-7-16-13(19)14(2,3)4;/h11,15H,5-10H2,1-4H3,(H,16,19);1H. The number of rotatable bonds is 4. The Labute approximate surface area is 128 Å². The zero-order chi connectivity index (χ0) is 14.5. The molecule has 20 heavy (non-hydrogen) atoms. The summed E-state index contributed by atoms with van der Waals surface area (Å²) < 4.78 is 0. The van der Waals surface area contributed by atoms with Gasteiger partial charge in [-0.15, -0.1) is 12.4 Å². The van der Waals surface area contributed by atoms with Crippen LogP contribution in [0.3, 0.4) is 0 Å². The molecule has 0 aromatic heterocycles. The molecule has 0 bridgehead atoms. The van der Waals surface area contributed by atoms with E-state index < -0.39 is 0 Å². The molecule has 1 atom stereocenters. The molecule has 1 unspecified atom stereocenters. The Bertz CT molecular complexity index is 329. The van der Waals surface area contributed by atoms with E-state index in [0.717, 1.165) is 19.6 Å². The number of hydrogen-bond acceptors (Lipinski definition) is 3. The van der Waals surface area contributed by atoms with E-state index in [1.165, 1.54) is 0 Å². The van der Waals surface area contributed by atoms with Crippen molar-refractivity contribution in [2.24, 2.45) is 5.41 Å². The normalized spacial score (nSPS) is 19.2. The molecule has 0 aromatic rings. The molecule has 1 aliphatic heterocycles. The summed E-state index contributed by atoms with van der Waals surface area (Å²) in [5.74, 6) is 0.231. The van der Waals surface area contributed by atoms with Crippen LogP contribution in [0.25, 0.3) is 0 Å². The summed E-state index contributed by atoms with van der Waals surface area (Å²) in [5, 5.41) is 6.18. The first-order valence-corrected chi connectivity index (χ1v) is 7.10. The van der Waals surface area contributed by atoms with E-state index in [4.69, 9.17) is 0 Å². The average molecular weight is 306 g/mol. The van der Waals surface area contributed by atoms with Gasteiger partial charge in [-0.1, -0.05) is 20.8 Å². The van der Waals surface area contributed by atoms with Crippen LogP contribution in [0.5, 0.6) is 0 Å². The van der Waals surface area contributed by atoms with Crippen LogP contribution in [0, 0.1) is 5.41 Å². The third kappa shape index (κ3) is 6.57. The number of carbonyl (C=O) groups is 2. The number of piperazine rings is 1. The highest BCUT2D eigenvalue weighted by Gasteiger charge is 2.21. The van der Waals surface area contributed by atoms with Gasteiger partial charge in [0.25, 0.3) is 0 Å². The first-order chi connectivity index (χ1) is 8.80. The number of halogens is 1. The number of amides is 2. The Morgan fingerprint density at radius 3 is 2.55 bits per heavy atom. The van der Waals surface area contributed by atoms with Gasteiger partial charge in [0.1, 0.15) is 0 Å². The van der Waals surface area contributed by atoms with Crippen molar-refractivity contribution >= 4 is 24.2 Å². The van der Waals surface area contributed by atoms with Crippen LogP contribution in [-0.4, -0.2) is 48.9 Å². The second-order valence-electron chi connectivity index (χ2n) is 6.30. The summed E-state index contributed by atoms with van der Waals surface area (Å²) in [4.78, 5) is 25.5. The molecular weight excluding hydrogens is 278 g/mol. The zero-order valence-corrected chi connectivity index (χ0v) is 13.8. The summed E-state index contributed by atoms with van der Waals surface area (Å²) in [6.45, 7) is 10.8. The lowest BCUT2D eigenvalue weighted by atomic mass is 9.96. The second-order valence-corrected chi connectivity index (χ2v) is 6.30. The summed E-state index contributed by atoms with van der Waals surface area (Å²) in [6.07, 6.45) is 1.22. The van der Waals surface area contributed by atoms with Crippen molar-refractivity contribution in [3.63, 3.8) is 0 Å². The topological polar surface area (TPSA) is 61.4 Å². The quantitative estimate of drug-likeness (QED) is 0.767. The largest absolute Gasteiger partial charge is 0.356 e. The molecule has 5 nitrogen and oxygen atoms in total. The van der Waals surface area contributed by atoms with Gasteiger partial charge in [0.15, 0.2) is 0 Å². The summed E-state index contributed by atoms with van der Waals surface area (Å²) in [7, 11) is 0. The fourth-order valence-corrected chi connectivity index (χ4v) is 2.02. The molecule has 1 aliphatic rings. The van der Waals surface area contributed by atoms with Crippen molar-refractivity contribution in [1.29, 1.82) is 0 Å². The van der Waals surface area contributed by atoms with Gasteiger partial charge in [-0.05, 0) is 13.3 Å². The van der Waals surface area contributed by atoms with Gasteiger partial charge in [-0.2, -0.15) is 0 Å². The van der Waals surface area contributed by atoms with Crippen LogP contribution in [0.15, 0.2) is 0 Å². The van der Waals surface area contributed by atoms with E-state index in [1.807, 2.05) is 25.7 Å². The third-order valence-electron chi connectivity index (χ3n) is 3.26. The third-order valence-corrected chi connectivity index (χ3v) is 3.26. The van der Waals surface area contributed by atoms with Crippen molar-refractivity contribution in [2.75, 3.05) is 26.2 Å². The fraction of sp³-hybridized carbons (Fsp3) is 0.857. The Kier molecular flexibility index (Phi) is 8.13. The van der Waals surface area contributed by atoms with Crippen molar-refractivity contribution in [2.45, 2.75) is 46.6 Å². The minimum absolute atomic E-state index is 0. The van der Waals surface area contributed by atoms with Crippen LogP contribution < -0.4 is 10.6 Å². The van der Waals surface area contributed by atoms with Crippen molar-refractivity contribution in [3.05, 3.63) is 0 Å². The van der Waals surface area contributed by atoms with Gasteiger partial charge in [-0.3, -0.25) is 9.59 Å². The van der Waals surface area contributed by atoms with E-state index >= 15 is 0 Å². The van der Waals surface area contributed by atoms with E-state index in [1.54, 1.807) is 0 Å². The van der Waals surface area contributed by atoms with Crippen LogP contribution in [0.1, 0.15) is 40.5 Å². The molecule has 1 heterocycles. The van der Waals surface area contributed by atoms with E-state index in [9.17, 15) is 9.59 Å². The Balaban J connectivity index is 0.00000361. The van der Waals surface area contributed by atoms with Gasteiger partial charge in [0.2, 0.25) is 11.8 Å². The molecule has 118 valence electrons. The van der Waals surface area contributed by atoms with Crippen LogP contribution in [-0.2, 0) is 9.59 Å². The molecule has 0 radical (unpaired) electrons. The Hall–Kier alpha value is -0.810. The summed E-state index contributed by atoms with van der Waals surface area (Å²) in [5.41, 5.74) is -0.363. The first kappa shape index (κ1) is 19.2. The number of carbonyl (C=O) groups excluding carboxylic acids is 2. The molecular formula is C14H28ClN3O2. The molecule has 6 heteroatoms. The number of nitrogens with zero attached hydrogens (tertiary/aromatic N) is 1. The lowest BCUT2D eigenvalue weighted by Gasteiger charge is -2.32. The monoisotopic (exact) mass is 305 g/mol. The molecule has 0 saturated carbocycles. The highest BCUT2D eigenvalue weighted by atomic mass is 35.5. The summed E-state index contributed by atoms with van der Waals surface area (Å²) in [6, 6.07) is 0.373. The molecule has 1 rings (SSSR count). The number of hydrogen-bond donors (Lipinski definition) is 2. The van der Waals surface area contributed by atoms with Crippen LogP contribution in [0.2, 0.25) is 0 Å². The van der Waals surface area contributed by atoms with Gasteiger partial charge < -0.3 is 15.5 Å². The first-order valence-electron chi connectivity index (χ1n) is 7.10. The maximum Gasteiger partial charge on any atom is 0.225 e. The van der Waals surface area contributed by atoms with E-state index in [-0.39, 0.29) is 29.6 Å². The van der Waals surface area contributed by atoms with Gasteiger partial charge in [0.05, 0.1) is 0 Å². The highest BCUT2D eigenvalue weighted by Crippen LogP contribution is 2.12. The zero-order valence-electron chi connectivity index (χ0n) is 13.0. The summed E-state index contributed by atoms with van der Waals surface area (Å²) >= 11 is 0. The van der Waals surface area contributed by atoms with Crippen LogP contribution in [0.4, 0.5) is 0 Å². The Morgan fingerprint density at radius 1 is 1.35 bits per heavy atom. The maximum atomic E-state index is 12.0. The van der Waals surface area contributed by atoms with Crippen molar-refractivity contribution in [3.8, 4) is 0 Å².